The smallest absolute Gasteiger partial charge is 0.233 e. The minimum absolute atomic E-state index is 0.0268. The number of rotatable bonds is 6. The van der Waals surface area contributed by atoms with Crippen LogP contribution >= 0.6 is 11.8 Å². The summed E-state index contributed by atoms with van der Waals surface area (Å²) in [5.41, 5.74) is 4.76. The molecule has 7 nitrogen and oxygen atoms in total. The summed E-state index contributed by atoms with van der Waals surface area (Å²) in [6.45, 7) is 6.91. The van der Waals surface area contributed by atoms with Crippen LogP contribution in [0.2, 0.25) is 0 Å². The third-order valence-corrected chi connectivity index (χ3v) is 7.65. The van der Waals surface area contributed by atoms with Crippen molar-refractivity contribution in [2.75, 3.05) is 31.2 Å². The van der Waals surface area contributed by atoms with Gasteiger partial charge in [0.15, 0.2) is 5.16 Å². The second kappa shape index (κ2) is 10.2. The van der Waals surface area contributed by atoms with Gasteiger partial charge in [-0.15, -0.1) is 10.2 Å². The Labute approximate surface area is 204 Å². The van der Waals surface area contributed by atoms with Crippen molar-refractivity contribution in [3.8, 4) is 5.69 Å². The number of nitrogens with one attached hydrogen (secondary N) is 1. The minimum Gasteiger partial charge on any atom is -0.378 e. The van der Waals surface area contributed by atoms with Crippen LogP contribution < -0.4 is 10.2 Å². The summed E-state index contributed by atoms with van der Waals surface area (Å²) in [5, 5.41) is 12.8. The maximum Gasteiger partial charge on any atom is 0.233 e. The zero-order chi connectivity index (χ0) is 23.5. The number of hydrogen-bond donors (Lipinski definition) is 1. The van der Waals surface area contributed by atoms with Gasteiger partial charge in [0.2, 0.25) is 11.9 Å². The number of aromatic nitrogens is 3. The third-order valence-electron chi connectivity index (χ3n) is 6.60. The third kappa shape index (κ3) is 4.70. The Hall–Kier alpha value is -2.84. The lowest BCUT2D eigenvalue weighted by molar-refractivity contribution is -0.121. The van der Waals surface area contributed by atoms with Gasteiger partial charge in [-0.3, -0.25) is 9.36 Å². The predicted molar refractivity (Wildman–Crippen MR) is 135 cm³/mol. The number of fused-ring (bicyclic) bond motifs is 1. The van der Waals surface area contributed by atoms with Gasteiger partial charge in [-0.05, 0) is 55.9 Å². The van der Waals surface area contributed by atoms with Gasteiger partial charge in [-0.1, -0.05) is 54.2 Å². The van der Waals surface area contributed by atoms with Gasteiger partial charge >= 0.3 is 0 Å². The number of benzene rings is 2. The van der Waals surface area contributed by atoms with Gasteiger partial charge < -0.3 is 15.0 Å². The fourth-order valence-corrected chi connectivity index (χ4v) is 5.60. The summed E-state index contributed by atoms with van der Waals surface area (Å²) in [7, 11) is 0. The largest absolute Gasteiger partial charge is 0.378 e. The highest BCUT2D eigenvalue weighted by molar-refractivity contribution is 8.00. The first-order chi connectivity index (χ1) is 16.6. The van der Waals surface area contributed by atoms with Crippen LogP contribution in [0.5, 0.6) is 0 Å². The molecule has 178 valence electrons. The number of hydrogen-bond acceptors (Lipinski definition) is 6. The van der Waals surface area contributed by atoms with Crippen molar-refractivity contribution in [1.29, 1.82) is 0 Å². The van der Waals surface area contributed by atoms with Crippen molar-refractivity contribution < 1.29 is 9.53 Å². The minimum atomic E-state index is -0.307. The van der Waals surface area contributed by atoms with Crippen molar-refractivity contribution in [2.24, 2.45) is 0 Å². The maximum atomic E-state index is 13.2. The summed E-state index contributed by atoms with van der Waals surface area (Å²) in [6.07, 6.45) is 3.14. The number of para-hydroxylation sites is 1. The molecule has 34 heavy (non-hydrogen) atoms. The topological polar surface area (TPSA) is 72.3 Å². The van der Waals surface area contributed by atoms with Crippen LogP contribution in [0.25, 0.3) is 5.69 Å². The summed E-state index contributed by atoms with van der Waals surface area (Å²) >= 11 is 1.46. The number of ether oxygens (including phenoxy) is 1. The van der Waals surface area contributed by atoms with Crippen LogP contribution in [-0.4, -0.2) is 52.2 Å². The molecular formula is C26H31N5O2S. The highest BCUT2D eigenvalue weighted by atomic mass is 32.2. The number of anilines is 1. The molecule has 1 aromatic heterocycles. The van der Waals surface area contributed by atoms with Gasteiger partial charge in [0.05, 0.1) is 30.2 Å². The molecular weight excluding hydrogens is 446 g/mol. The lowest BCUT2D eigenvalue weighted by atomic mass is 9.88. The van der Waals surface area contributed by atoms with Crippen molar-refractivity contribution in [1.82, 2.24) is 20.1 Å². The molecule has 2 heterocycles. The van der Waals surface area contributed by atoms with Crippen molar-refractivity contribution in [2.45, 2.75) is 49.6 Å². The Morgan fingerprint density at radius 3 is 2.71 bits per heavy atom. The molecule has 8 heteroatoms. The van der Waals surface area contributed by atoms with E-state index < -0.39 is 0 Å². The van der Waals surface area contributed by atoms with E-state index in [9.17, 15) is 4.79 Å². The predicted octanol–water partition coefficient (Wildman–Crippen LogP) is 4.09. The number of aryl methyl sites for hydroxylation is 2. The zero-order valence-corrected chi connectivity index (χ0v) is 20.6. The number of carbonyl (C=O) groups is 1. The fourth-order valence-electron chi connectivity index (χ4n) is 4.74. The van der Waals surface area contributed by atoms with Crippen LogP contribution in [0.15, 0.2) is 53.7 Å². The van der Waals surface area contributed by atoms with E-state index in [4.69, 9.17) is 4.74 Å². The Balaban J connectivity index is 1.38. The first kappa shape index (κ1) is 22.9. The van der Waals surface area contributed by atoms with E-state index in [0.29, 0.717) is 13.2 Å². The second-order valence-electron chi connectivity index (χ2n) is 8.92. The molecule has 0 unspecified atom stereocenters. The monoisotopic (exact) mass is 477 g/mol. The Kier molecular flexibility index (Phi) is 6.87. The molecule has 1 N–H and O–H groups in total. The van der Waals surface area contributed by atoms with Crippen LogP contribution in [-0.2, 0) is 16.0 Å². The summed E-state index contributed by atoms with van der Waals surface area (Å²) in [5.74, 6) is 0.827. The lowest BCUT2D eigenvalue weighted by Gasteiger charge is -2.28. The summed E-state index contributed by atoms with van der Waals surface area (Å²) in [4.78, 5) is 15.4. The quantitative estimate of drug-likeness (QED) is 0.539. The van der Waals surface area contributed by atoms with Crippen molar-refractivity contribution >= 4 is 23.6 Å². The number of carbonyl (C=O) groups excluding carboxylic acids is 1. The van der Waals surface area contributed by atoms with Gasteiger partial charge in [-0.25, -0.2) is 0 Å². The van der Waals surface area contributed by atoms with Crippen LogP contribution in [0, 0.1) is 6.92 Å². The van der Waals surface area contributed by atoms with E-state index in [0.717, 1.165) is 54.7 Å². The van der Waals surface area contributed by atoms with Gasteiger partial charge in [-0.2, -0.15) is 0 Å². The molecule has 1 fully saturated rings. The molecule has 0 saturated carbocycles. The van der Waals surface area contributed by atoms with Gasteiger partial charge in [0.1, 0.15) is 0 Å². The normalized spacial score (nSPS) is 18.9. The van der Waals surface area contributed by atoms with Crippen LogP contribution in [0.4, 0.5) is 5.95 Å². The number of amides is 1. The fraction of sp³-hybridized carbons (Fsp3) is 0.423. The van der Waals surface area contributed by atoms with Crippen LogP contribution in [0.3, 0.4) is 0 Å². The van der Waals surface area contributed by atoms with Crippen molar-refractivity contribution in [3.05, 3.63) is 65.2 Å². The summed E-state index contributed by atoms with van der Waals surface area (Å²) in [6, 6.07) is 16.7. The summed E-state index contributed by atoms with van der Waals surface area (Å²) < 4.78 is 7.62. The molecule has 0 radical (unpaired) electrons. The standard InChI is InChI=1S/C26H31N5O2S/c1-18-8-3-6-13-23(18)31-25(30-14-16-33-17-15-30)28-29-26(31)34-19(2)24(32)27-22-12-7-10-20-9-4-5-11-21(20)22/h3-6,8-9,11,13,19,22H,7,10,12,14-17H2,1-2H3,(H,27,32)/t19-,22+/m0/s1. The number of thioether (sulfide) groups is 1. The average Bonchev–Trinajstić information content (AvgIpc) is 3.28. The maximum absolute atomic E-state index is 13.2. The number of nitrogens with zero attached hydrogens (tertiary/aromatic N) is 4. The second-order valence-corrected chi connectivity index (χ2v) is 10.2. The van der Waals surface area contributed by atoms with Gasteiger partial charge in [0.25, 0.3) is 0 Å². The molecule has 1 aliphatic heterocycles. The molecule has 1 saturated heterocycles. The molecule has 1 aliphatic carbocycles. The molecule has 2 aliphatic rings. The Morgan fingerprint density at radius 1 is 1.12 bits per heavy atom. The molecule has 2 atom stereocenters. The molecule has 3 aromatic rings. The SMILES string of the molecule is Cc1ccccc1-n1c(S[C@@H](C)C(=O)N[C@@H]2CCCc3ccccc32)nnc1N1CCOCC1. The van der Waals surface area contributed by atoms with E-state index >= 15 is 0 Å². The molecule has 5 rings (SSSR count). The first-order valence-electron chi connectivity index (χ1n) is 12.0. The molecule has 2 aromatic carbocycles. The van der Waals surface area contributed by atoms with E-state index in [1.54, 1.807) is 0 Å². The van der Waals surface area contributed by atoms with Crippen molar-refractivity contribution in [3.63, 3.8) is 0 Å². The number of morpholine rings is 1. The molecule has 1 amide bonds. The lowest BCUT2D eigenvalue weighted by Crippen LogP contribution is -2.38. The first-order valence-corrected chi connectivity index (χ1v) is 12.9. The Morgan fingerprint density at radius 2 is 1.88 bits per heavy atom. The van der Waals surface area contributed by atoms with Crippen LogP contribution in [0.1, 0.15) is 42.5 Å². The van der Waals surface area contributed by atoms with E-state index in [-0.39, 0.29) is 17.2 Å². The zero-order valence-electron chi connectivity index (χ0n) is 19.7. The average molecular weight is 478 g/mol. The highest BCUT2D eigenvalue weighted by Crippen LogP contribution is 2.33. The van der Waals surface area contributed by atoms with E-state index in [2.05, 4.69) is 68.3 Å². The van der Waals surface area contributed by atoms with E-state index in [1.807, 2.05) is 19.1 Å². The van der Waals surface area contributed by atoms with Gasteiger partial charge in [0, 0.05) is 13.1 Å². The highest BCUT2D eigenvalue weighted by Gasteiger charge is 2.28. The molecule has 0 spiro atoms. The van der Waals surface area contributed by atoms with E-state index in [1.165, 1.54) is 22.9 Å². The Bertz CT molecular complexity index is 1160. The molecule has 0 bridgehead atoms.